The van der Waals surface area contributed by atoms with Crippen LogP contribution in [0.1, 0.15) is 0 Å². The van der Waals surface area contributed by atoms with Gasteiger partial charge in [0.15, 0.2) is 0 Å². The van der Waals surface area contributed by atoms with Crippen molar-refractivity contribution in [3.8, 4) is 0 Å². The zero-order valence-electron chi connectivity index (χ0n) is 6.07. The van der Waals surface area contributed by atoms with Gasteiger partial charge in [-0.15, -0.1) is 0 Å². The van der Waals surface area contributed by atoms with Crippen molar-refractivity contribution in [3.05, 3.63) is 0 Å². The number of ether oxygens (including phenoxy) is 1. The van der Waals surface area contributed by atoms with E-state index in [0.717, 1.165) is 0 Å². The number of rotatable bonds is 5. The molecule has 0 atom stereocenters. The Kier molecular flexibility index (Phi) is 5.18. The van der Waals surface area contributed by atoms with Gasteiger partial charge in [-0.3, -0.25) is 0 Å². The van der Waals surface area contributed by atoms with E-state index in [2.05, 4.69) is 15.1 Å². The second-order valence-electron chi connectivity index (χ2n) is 1.77. The topological polar surface area (TPSA) is 30.5 Å². The fourth-order valence-corrected chi connectivity index (χ4v) is 0.404. The van der Waals surface area contributed by atoms with Crippen LogP contribution in [0.2, 0.25) is 0 Å². The Morgan fingerprint density at radius 1 is 1.36 bits per heavy atom. The maximum absolute atomic E-state index is 11.4. The molecule has 0 amide bonds. The van der Waals surface area contributed by atoms with Crippen LogP contribution in [-0.4, -0.2) is 33.0 Å². The van der Waals surface area contributed by atoms with Crippen LogP contribution in [0, 0.1) is 0 Å². The van der Waals surface area contributed by atoms with Crippen LogP contribution in [0.4, 0.5) is 13.2 Å². The molecule has 0 fully saturated rings. The molecule has 0 aliphatic heterocycles. The van der Waals surface area contributed by atoms with Crippen molar-refractivity contribution in [2.24, 2.45) is 0 Å². The number of nitrogens with one attached hydrogen (secondary N) is 1. The molecular weight excluding hydrogens is 163 g/mol. The minimum atomic E-state index is -4.24. The van der Waals surface area contributed by atoms with Crippen molar-refractivity contribution >= 4 is 0 Å². The van der Waals surface area contributed by atoms with E-state index in [1.807, 2.05) is 0 Å². The van der Waals surface area contributed by atoms with Gasteiger partial charge in [0.25, 0.3) is 0 Å². The molecule has 0 bridgehead atoms. The lowest BCUT2D eigenvalue weighted by atomic mass is 10.7. The summed E-state index contributed by atoms with van der Waals surface area (Å²) in [5.41, 5.74) is 2.34. The second-order valence-corrected chi connectivity index (χ2v) is 1.77. The van der Waals surface area contributed by atoms with E-state index in [-0.39, 0.29) is 13.2 Å². The van der Waals surface area contributed by atoms with Gasteiger partial charge in [0.1, 0.15) is 6.61 Å². The third-order valence-electron chi connectivity index (χ3n) is 0.759. The predicted molar refractivity (Wildman–Crippen MR) is 31.9 cm³/mol. The Morgan fingerprint density at radius 2 is 2.00 bits per heavy atom. The first-order chi connectivity index (χ1) is 5.06. The number of hydrogen-bond donors (Lipinski definition) is 1. The fraction of sp³-hybridized carbons (Fsp3) is 1.00. The maximum atomic E-state index is 11.4. The molecule has 0 aromatic heterocycles. The Balaban J connectivity index is 3.02. The van der Waals surface area contributed by atoms with E-state index >= 15 is 0 Å². The molecule has 68 valence electrons. The van der Waals surface area contributed by atoms with Gasteiger partial charge in [0.2, 0.25) is 0 Å². The van der Waals surface area contributed by atoms with Crippen molar-refractivity contribution in [2.75, 3.05) is 26.9 Å². The number of alkyl halides is 3. The zero-order valence-corrected chi connectivity index (χ0v) is 6.07. The van der Waals surface area contributed by atoms with Gasteiger partial charge >= 0.3 is 6.18 Å². The molecule has 11 heavy (non-hydrogen) atoms. The third-order valence-corrected chi connectivity index (χ3v) is 0.759. The van der Waals surface area contributed by atoms with Gasteiger partial charge in [-0.25, -0.2) is 5.48 Å². The maximum Gasteiger partial charge on any atom is 0.411 e. The molecule has 3 nitrogen and oxygen atoms in total. The molecule has 0 aliphatic rings. The lowest BCUT2D eigenvalue weighted by Crippen LogP contribution is -2.23. The standard InChI is InChI=1S/C5H10F3NO2/c1-10-9-2-3-11-4-5(6,7)8/h9H,2-4H2,1H3. The minimum Gasteiger partial charge on any atom is -0.371 e. The van der Waals surface area contributed by atoms with Crippen molar-refractivity contribution in [1.82, 2.24) is 5.48 Å². The summed E-state index contributed by atoms with van der Waals surface area (Å²) in [6, 6.07) is 0. The summed E-state index contributed by atoms with van der Waals surface area (Å²) in [4.78, 5) is 4.36. The fourth-order valence-electron chi connectivity index (χ4n) is 0.404. The molecule has 0 saturated heterocycles. The average Bonchev–Trinajstić information content (AvgIpc) is 1.85. The molecule has 0 aliphatic carbocycles. The summed E-state index contributed by atoms with van der Waals surface area (Å²) in [5.74, 6) is 0. The van der Waals surface area contributed by atoms with Crippen LogP contribution in [0.3, 0.4) is 0 Å². The number of hydrogen-bond acceptors (Lipinski definition) is 3. The first kappa shape index (κ1) is 10.7. The Labute approximate surface area is 62.4 Å². The van der Waals surface area contributed by atoms with E-state index in [9.17, 15) is 13.2 Å². The smallest absolute Gasteiger partial charge is 0.371 e. The lowest BCUT2D eigenvalue weighted by Gasteiger charge is -2.06. The van der Waals surface area contributed by atoms with Crippen molar-refractivity contribution in [1.29, 1.82) is 0 Å². The van der Waals surface area contributed by atoms with Gasteiger partial charge in [0.05, 0.1) is 13.7 Å². The highest BCUT2D eigenvalue weighted by Crippen LogP contribution is 2.13. The van der Waals surface area contributed by atoms with E-state index in [1.54, 1.807) is 0 Å². The molecule has 0 unspecified atom stereocenters. The first-order valence-electron chi connectivity index (χ1n) is 2.96. The molecule has 0 radical (unpaired) electrons. The van der Waals surface area contributed by atoms with E-state index in [4.69, 9.17) is 0 Å². The van der Waals surface area contributed by atoms with Crippen LogP contribution < -0.4 is 5.48 Å². The molecule has 0 heterocycles. The van der Waals surface area contributed by atoms with E-state index < -0.39 is 12.8 Å². The molecule has 0 spiro atoms. The van der Waals surface area contributed by atoms with E-state index in [1.165, 1.54) is 7.11 Å². The largest absolute Gasteiger partial charge is 0.411 e. The summed E-state index contributed by atoms with van der Waals surface area (Å²) in [5, 5.41) is 0. The molecule has 0 saturated carbocycles. The highest BCUT2D eigenvalue weighted by Gasteiger charge is 2.27. The zero-order chi connectivity index (χ0) is 8.74. The van der Waals surface area contributed by atoms with Crippen molar-refractivity contribution < 1.29 is 22.7 Å². The molecular formula is C5H10F3NO2. The summed E-state index contributed by atoms with van der Waals surface area (Å²) >= 11 is 0. The van der Waals surface area contributed by atoms with Crippen molar-refractivity contribution in [3.63, 3.8) is 0 Å². The number of halogens is 3. The van der Waals surface area contributed by atoms with Gasteiger partial charge in [-0.2, -0.15) is 13.2 Å². The molecule has 0 aromatic carbocycles. The molecule has 6 heteroatoms. The Bertz CT molecular complexity index is 96.2. The Hall–Kier alpha value is -0.330. The number of hydroxylamine groups is 1. The summed E-state index contributed by atoms with van der Waals surface area (Å²) in [7, 11) is 1.38. The van der Waals surface area contributed by atoms with Crippen LogP contribution in [0.5, 0.6) is 0 Å². The first-order valence-corrected chi connectivity index (χ1v) is 2.96. The third kappa shape index (κ3) is 9.67. The van der Waals surface area contributed by atoms with Gasteiger partial charge < -0.3 is 9.57 Å². The highest BCUT2D eigenvalue weighted by molar-refractivity contribution is 4.45. The predicted octanol–water partition coefficient (Wildman–Crippen LogP) is 0.716. The van der Waals surface area contributed by atoms with Crippen molar-refractivity contribution in [2.45, 2.75) is 6.18 Å². The quantitative estimate of drug-likeness (QED) is 0.490. The Morgan fingerprint density at radius 3 is 2.45 bits per heavy atom. The second kappa shape index (κ2) is 5.34. The summed E-state index contributed by atoms with van der Waals surface area (Å²) in [6.07, 6.45) is -4.24. The van der Waals surface area contributed by atoms with Gasteiger partial charge in [-0.05, 0) is 0 Å². The van der Waals surface area contributed by atoms with Crippen LogP contribution in [0.25, 0.3) is 0 Å². The van der Waals surface area contributed by atoms with E-state index in [0.29, 0.717) is 0 Å². The normalized spacial score (nSPS) is 12.0. The van der Waals surface area contributed by atoms with Gasteiger partial charge in [0, 0.05) is 6.54 Å². The van der Waals surface area contributed by atoms with Crippen LogP contribution in [-0.2, 0) is 9.57 Å². The van der Waals surface area contributed by atoms with Crippen LogP contribution >= 0.6 is 0 Å². The average molecular weight is 173 g/mol. The summed E-state index contributed by atoms with van der Waals surface area (Å²) < 4.78 is 38.4. The summed E-state index contributed by atoms with van der Waals surface area (Å²) in [6.45, 7) is -0.988. The SMILES string of the molecule is CONCCOCC(F)(F)F. The highest BCUT2D eigenvalue weighted by atomic mass is 19.4. The molecule has 0 rings (SSSR count). The molecule has 1 N–H and O–H groups in total. The lowest BCUT2D eigenvalue weighted by molar-refractivity contribution is -0.174. The van der Waals surface area contributed by atoms with Gasteiger partial charge in [-0.1, -0.05) is 0 Å². The minimum absolute atomic E-state index is 0.0205. The molecule has 0 aromatic rings. The van der Waals surface area contributed by atoms with Crippen LogP contribution in [0.15, 0.2) is 0 Å². The monoisotopic (exact) mass is 173 g/mol.